The molecule has 0 aliphatic heterocycles. The molecule has 4 heterocycles. The molecule has 0 unspecified atom stereocenters. The number of hydrogen-bond donors (Lipinski definition) is 0. The van der Waals surface area contributed by atoms with Gasteiger partial charge in [-0.25, -0.2) is 9.97 Å². The predicted octanol–water partition coefficient (Wildman–Crippen LogP) is 15.7. The molecular formula is C58H35N3O2. The molecule has 63 heavy (non-hydrogen) atoms. The van der Waals surface area contributed by atoms with Gasteiger partial charge in [0.25, 0.3) is 0 Å². The Hall–Kier alpha value is -8.54. The van der Waals surface area contributed by atoms with Crippen molar-refractivity contribution in [2.45, 2.75) is 0 Å². The van der Waals surface area contributed by atoms with Crippen LogP contribution in [-0.4, -0.2) is 14.5 Å². The quantitative estimate of drug-likeness (QED) is 0.168. The molecule has 0 fully saturated rings. The van der Waals surface area contributed by atoms with E-state index in [0.717, 1.165) is 94.3 Å². The molecule has 5 nitrogen and oxygen atoms in total. The minimum atomic E-state index is 0.625. The van der Waals surface area contributed by atoms with E-state index in [1.54, 1.807) is 0 Å². The maximum absolute atomic E-state index is 6.56. The predicted molar refractivity (Wildman–Crippen MR) is 258 cm³/mol. The number of nitrogens with zero attached hydrogens (tertiary/aromatic N) is 3. The Morgan fingerprint density at radius 2 is 0.905 bits per heavy atom. The van der Waals surface area contributed by atoms with Crippen LogP contribution in [0.2, 0.25) is 0 Å². The lowest BCUT2D eigenvalue weighted by Gasteiger charge is -2.11. The third-order valence-corrected chi connectivity index (χ3v) is 12.4. The van der Waals surface area contributed by atoms with Gasteiger partial charge in [0.1, 0.15) is 22.3 Å². The van der Waals surface area contributed by atoms with E-state index in [9.17, 15) is 0 Å². The standard InChI is InChI=1S/C58H35N3O2/c1-3-13-36(14-4-1)38-17-11-18-42(31-38)61-51-22-9-7-19-43(51)47-32-39(26-29-52(47)61)40-27-30-54-48(33-40)57-46(21-12-24-55(57)62-54)58-59-49(37-15-5-2-6-16-37)35-50(60-58)41-25-28-45-44-20-8-10-23-53(44)63-56(45)34-41/h1-35H. The summed E-state index contributed by atoms with van der Waals surface area (Å²) in [6.07, 6.45) is 0. The second kappa shape index (κ2) is 14.0. The molecule has 5 heteroatoms. The van der Waals surface area contributed by atoms with Crippen LogP contribution < -0.4 is 0 Å². The number of aromatic nitrogens is 3. The van der Waals surface area contributed by atoms with Crippen LogP contribution in [0.4, 0.5) is 0 Å². The Balaban J connectivity index is 0.958. The zero-order valence-electron chi connectivity index (χ0n) is 33.9. The fraction of sp³-hybridized carbons (Fsp3) is 0. The lowest BCUT2D eigenvalue weighted by molar-refractivity contribution is 0.668. The van der Waals surface area contributed by atoms with Crippen molar-refractivity contribution in [2.75, 3.05) is 0 Å². The molecule has 0 bridgehead atoms. The largest absolute Gasteiger partial charge is 0.456 e. The smallest absolute Gasteiger partial charge is 0.161 e. The summed E-state index contributed by atoms with van der Waals surface area (Å²) < 4.78 is 15.3. The summed E-state index contributed by atoms with van der Waals surface area (Å²) in [5.41, 5.74) is 15.9. The first-order valence-electron chi connectivity index (χ1n) is 21.2. The van der Waals surface area contributed by atoms with Gasteiger partial charge in [-0.15, -0.1) is 0 Å². The summed E-state index contributed by atoms with van der Waals surface area (Å²) in [4.78, 5) is 10.5. The fourth-order valence-electron chi connectivity index (χ4n) is 9.44. The lowest BCUT2D eigenvalue weighted by atomic mass is 9.99. The molecule has 0 N–H and O–H groups in total. The number of furan rings is 2. The first-order chi connectivity index (χ1) is 31.2. The van der Waals surface area contributed by atoms with Gasteiger partial charge in [0, 0.05) is 54.7 Å². The van der Waals surface area contributed by atoms with Gasteiger partial charge < -0.3 is 13.4 Å². The normalized spacial score (nSPS) is 11.8. The summed E-state index contributed by atoms with van der Waals surface area (Å²) >= 11 is 0. The topological polar surface area (TPSA) is 57.0 Å². The first kappa shape index (κ1) is 35.2. The van der Waals surface area contributed by atoms with E-state index in [4.69, 9.17) is 18.8 Å². The molecule has 13 rings (SSSR count). The van der Waals surface area contributed by atoms with Crippen LogP contribution in [0.25, 0.3) is 128 Å². The summed E-state index contributed by atoms with van der Waals surface area (Å²) in [5, 5.41) is 6.58. The van der Waals surface area contributed by atoms with Crippen molar-refractivity contribution in [3.05, 3.63) is 212 Å². The second-order valence-electron chi connectivity index (χ2n) is 16.1. The zero-order chi connectivity index (χ0) is 41.4. The third-order valence-electron chi connectivity index (χ3n) is 12.4. The molecule has 13 aromatic rings. The highest BCUT2D eigenvalue weighted by Gasteiger charge is 2.20. The minimum Gasteiger partial charge on any atom is -0.456 e. The van der Waals surface area contributed by atoms with Gasteiger partial charge in [-0.1, -0.05) is 140 Å². The lowest BCUT2D eigenvalue weighted by Crippen LogP contribution is -1.96. The Labute approximate surface area is 361 Å². The van der Waals surface area contributed by atoms with Crippen LogP contribution in [-0.2, 0) is 0 Å². The van der Waals surface area contributed by atoms with Crippen LogP contribution >= 0.6 is 0 Å². The van der Waals surface area contributed by atoms with Gasteiger partial charge in [-0.2, -0.15) is 0 Å². The molecule has 294 valence electrons. The molecule has 0 radical (unpaired) electrons. The highest BCUT2D eigenvalue weighted by molar-refractivity contribution is 6.14. The minimum absolute atomic E-state index is 0.625. The maximum Gasteiger partial charge on any atom is 0.161 e. The molecule has 0 atom stereocenters. The van der Waals surface area contributed by atoms with Crippen molar-refractivity contribution in [1.82, 2.24) is 14.5 Å². The van der Waals surface area contributed by atoms with E-state index in [0.29, 0.717) is 5.82 Å². The van der Waals surface area contributed by atoms with Crippen molar-refractivity contribution in [3.8, 4) is 61.8 Å². The molecule has 4 aromatic heterocycles. The number of fused-ring (bicyclic) bond motifs is 9. The van der Waals surface area contributed by atoms with Crippen molar-refractivity contribution < 1.29 is 8.83 Å². The van der Waals surface area contributed by atoms with Crippen molar-refractivity contribution in [3.63, 3.8) is 0 Å². The van der Waals surface area contributed by atoms with Crippen LogP contribution in [0, 0.1) is 0 Å². The second-order valence-corrected chi connectivity index (χ2v) is 16.1. The molecule has 9 aromatic carbocycles. The SMILES string of the molecule is c1ccc(-c2cccc(-n3c4ccccc4c4cc(-c5ccc6oc7cccc(-c8nc(-c9ccccc9)cc(-c9ccc%10c(c9)oc9ccccc9%10)n8)c7c6c5)ccc43)c2)cc1. The highest BCUT2D eigenvalue weighted by atomic mass is 16.3. The number of benzene rings is 9. The van der Waals surface area contributed by atoms with Crippen LogP contribution in [0.1, 0.15) is 0 Å². The Morgan fingerprint density at radius 3 is 1.76 bits per heavy atom. The molecule has 0 saturated carbocycles. The van der Waals surface area contributed by atoms with E-state index in [-0.39, 0.29) is 0 Å². The fourth-order valence-corrected chi connectivity index (χ4v) is 9.44. The monoisotopic (exact) mass is 805 g/mol. The highest BCUT2D eigenvalue weighted by Crippen LogP contribution is 2.41. The summed E-state index contributed by atoms with van der Waals surface area (Å²) in [6.45, 7) is 0. The maximum atomic E-state index is 6.56. The molecule has 0 spiro atoms. The van der Waals surface area contributed by atoms with E-state index in [1.807, 2.05) is 48.5 Å². The summed E-state index contributed by atoms with van der Waals surface area (Å²) in [5.74, 6) is 0.625. The molecule has 0 aliphatic rings. The molecule has 0 amide bonds. The van der Waals surface area contributed by atoms with E-state index in [2.05, 4.69) is 168 Å². The average Bonchev–Trinajstić information content (AvgIpc) is 4.03. The van der Waals surface area contributed by atoms with E-state index < -0.39 is 0 Å². The number of rotatable bonds is 6. The van der Waals surface area contributed by atoms with Crippen LogP contribution in [0.5, 0.6) is 0 Å². The average molecular weight is 806 g/mol. The Bertz CT molecular complexity index is 3910. The van der Waals surface area contributed by atoms with Crippen molar-refractivity contribution >= 4 is 65.7 Å². The van der Waals surface area contributed by atoms with Gasteiger partial charge in [-0.3, -0.25) is 0 Å². The number of hydrogen-bond acceptors (Lipinski definition) is 4. The van der Waals surface area contributed by atoms with Crippen molar-refractivity contribution in [2.24, 2.45) is 0 Å². The van der Waals surface area contributed by atoms with Crippen LogP contribution in [0.3, 0.4) is 0 Å². The van der Waals surface area contributed by atoms with E-state index in [1.165, 1.54) is 27.4 Å². The summed E-state index contributed by atoms with van der Waals surface area (Å²) in [6, 6.07) is 74.4. The van der Waals surface area contributed by atoms with E-state index >= 15 is 0 Å². The summed E-state index contributed by atoms with van der Waals surface area (Å²) in [7, 11) is 0. The van der Waals surface area contributed by atoms with Crippen LogP contribution in [0.15, 0.2) is 221 Å². The third kappa shape index (κ3) is 5.78. The number of para-hydroxylation sites is 2. The first-order valence-corrected chi connectivity index (χ1v) is 21.2. The molecular weight excluding hydrogens is 771 g/mol. The van der Waals surface area contributed by atoms with Gasteiger partial charge in [0.2, 0.25) is 0 Å². The Kier molecular flexibility index (Phi) is 7.84. The zero-order valence-corrected chi connectivity index (χ0v) is 33.9. The molecule has 0 aliphatic carbocycles. The van der Waals surface area contributed by atoms with Gasteiger partial charge in [0.15, 0.2) is 5.82 Å². The molecule has 0 saturated heterocycles. The Morgan fingerprint density at radius 1 is 0.317 bits per heavy atom. The van der Waals surface area contributed by atoms with Crippen molar-refractivity contribution in [1.29, 1.82) is 0 Å². The van der Waals surface area contributed by atoms with Gasteiger partial charge in [0.05, 0.1) is 22.4 Å². The van der Waals surface area contributed by atoms with Gasteiger partial charge in [-0.05, 0) is 95.1 Å². The van der Waals surface area contributed by atoms with Gasteiger partial charge >= 0.3 is 0 Å².